The van der Waals surface area contributed by atoms with Crippen LogP contribution in [0.4, 0.5) is 9.59 Å². The summed E-state index contributed by atoms with van der Waals surface area (Å²) in [5, 5.41) is 5.91. The highest BCUT2D eigenvalue weighted by molar-refractivity contribution is 5.74. The Morgan fingerprint density at radius 3 is 2.41 bits per heavy atom. The molecule has 3 amide bonds. The molecule has 2 fully saturated rings. The smallest absolute Gasteiger partial charge is 0.409 e. The highest BCUT2D eigenvalue weighted by Crippen LogP contribution is 2.11. The number of nitrogens with one attached hydrogen (secondary N) is 2. The van der Waals surface area contributed by atoms with Crippen LogP contribution in [-0.4, -0.2) is 74.3 Å². The molecule has 22 heavy (non-hydrogen) atoms. The maximum Gasteiger partial charge on any atom is 0.409 e. The molecule has 0 aromatic heterocycles. The van der Waals surface area contributed by atoms with Crippen molar-refractivity contribution in [2.75, 3.05) is 46.4 Å². The molecule has 2 N–H and O–H groups in total. The summed E-state index contributed by atoms with van der Waals surface area (Å²) in [7, 11) is 1.39. The molecule has 0 saturated carbocycles. The second-order valence-corrected chi connectivity index (χ2v) is 6.03. The lowest BCUT2D eigenvalue weighted by molar-refractivity contribution is 0.110. The molecule has 2 rings (SSSR count). The number of carbonyl (C=O) groups excluding carboxylic acids is 2. The molecule has 0 unspecified atom stereocenters. The minimum Gasteiger partial charge on any atom is -0.453 e. The number of carbonyl (C=O) groups is 2. The van der Waals surface area contributed by atoms with E-state index in [0.29, 0.717) is 19.6 Å². The van der Waals surface area contributed by atoms with Crippen molar-refractivity contribution in [3.05, 3.63) is 0 Å². The van der Waals surface area contributed by atoms with E-state index in [0.717, 1.165) is 32.5 Å². The maximum absolute atomic E-state index is 11.9. The summed E-state index contributed by atoms with van der Waals surface area (Å²) in [6, 6.07) is 0.0319. The zero-order valence-corrected chi connectivity index (χ0v) is 13.5. The van der Waals surface area contributed by atoms with E-state index in [2.05, 4.69) is 15.5 Å². The van der Waals surface area contributed by atoms with Crippen molar-refractivity contribution in [3.63, 3.8) is 0 Å². The van der Waals surface area contributed by atoms with Crippen molar-refractivity contribution < 1.29 is 14.3 Å². The lowest BCUT2D eigenvalue weighted by Crippen LogP contribution is -2.50. The number of piperidine rings is 2. The molecule has 2 aliphatic rings. The molecular formula is C15H28N4O3. The van der Waals surface area contributed by atoms with Crippen LogP contribution in [-0.2, 0) is 4.74 Å². The van der Waals surface area contributed by atoms with Gasteiger partial charge in [-0.25, -0.2) is 9.59 Å². The maximum atomic E-state index is 11.9. The Bertz CT molecular complexity index is 364. The van der Waals surface area contributed by atoms with Gasteiger partial charge in [-0.1, -0.05) is 6.42 Å². The Kier molecular flexibility index (Phi) is 6.76. The number of rotatable bonds is 4. The number of likely N-dealkylation sites (tertiary alicyclic amines) is 2. The fourth-order valence-electron chi connectivity index (χ4n) is 3.08. The van der Waals surface area contributed by atoms with Gasteiger partial charge in [-0.3, -0.25) is 0 Å². The Hall–Kier alpha value is -1.50. The van der Waals surface area contributed by atoms with Gasteiger partial charge in [0.2, 0.25) is 0 Å². The summed E-state index contributed by atoms with van der Waals surface area (Å²) >= 11 is 0. The normalized spacial score (nSPS) is 20.5. The second-order valence-electron chi connectivity index (χ2n) is 6.03. The van der Waals surface area contributed by atoms with Gasteiger partial charge in [-0.05, 0) is 38.8 Å². The van der Waals surface area contributed by atoms with Gasteiger partial charge in [0.05, 0.1) is 7.11 Å². The SMILES string of the molecule is COC(=O)N1CCC(NC(=O)NCCN2CCCCC2)CC1. The summed E-state index contributed by atoms with van der Waals surface area (Å²) < 4.78 is 4.70. The predicted molar refractivity (Wildman–Crippen MR) is 83.8 cm³/mol. The van der Waals surface area contributed by atoms with E-state index >= 15 is 0 Å². The average Bonchev–Trinajstić information content (AvgIpc) is 2.56. The zero-order valence-electron chi connectivity index (χ0n) is 13.5. The van der Waals surface area contributed by atoms with Gasteiger partial charge in [-0.15, -0.1) is 0 Å². The molecule has 7 nitrogen and oxygen atoms in total. The third kappa shape index (κ3) is 5.36. The third-order valence-electron chi connectivity index (χ3n) is 4.43. The highest BCUT2D eigenvalue weighted by atomic mass is 16.5. The molecule has 0 aliphatic carbocycles. The molecular weight excluding hydrogens is 284 g/mol. The Balaban J connectivity index is 1.56. The van der Waals surface area contributed by atoms with Crippen LogP contribution in [0.2, 0.25) is 0 Å². The van der Waals surface area contributed by atoms with Gasteiger partial charge < -0.3 is 25.2 Å². The Labute approximate surface area is 132 Å². The number of ether oxygens (including phenoxy) is 1. The number of amides is 3. The van der Waals surface area contributed by atoms with Crippen LogP contribution in [0.5, 0.6) is 0 Å². The van der Waals surface area contributed by atoms with E-state index < -0.39 is 0 Å². The van der Waals surface area contributed by atoms with Crippen LogP contribution in [0.1, 0.15) is 32.1 Å². The minimum absolute atomic E-state index is 0.103. The van der Waals surface area contributed by atoms with Crippen LogP contribution in [0.25, 0.3) is 0 Å². The zero-order chi connectivity index (χ0) is 15.8. The summed E-state index contributed by atoms with van der Waals surface area (Å²) in [6.45, 7) is 5.17. The largest absolute Gasteiger partial charge is 0.453 e. The molecule has 0 spiro atoms. The molecule has 2 aliphatic heterocycles. The lowest BCUT2D eigenvalue weighted by atomic mass is 10.1. The topological polar surface area (TPSA) is 73.9 Å². The molecule has 0 bridgehead atoms. The molecule has 2 heterocycles. The number of methoxy groups -OCH3 is 1. The predicted octanol–water partition coefficient (Wildman–Crippen LogP) is 1.00. The standard InChI is InChI=1S/C15H28N4O3/c1-22-15(21)19-10-5-13(6-11-19)17-14(20)16-7-12-18-8-3-2-4-9-18/h13H,2-12H2,1H3,(H2,16,17,20). The Morgan fingerprint density at radius 2 is 1.77 bits per heavy atom. The average molecular weight is 312 g/mol. The molecule has 0 aromatic rings. The van der Waals surface area contributed by atoms with E-state index in [9.17, 15) is 9.59 Å². The summed E-state index contributed by atoms with van der Waals surface area (Å²) in [5.41, 5.74) is 0. The minimum atomic E-state index is -0.288. The highest BCUT2D eigenvalue weighted by Gasteiger charge is 2.24. The van der Waals surface area contributed by atoms with E-state index in [4.69, 9.17) is 4.74 Å². The molecule has 2 saturated heterocycles. The first-order chi connectivity index (χ1) is 10.7. The van der Waals surface area contributed by atoms with E-state index in [1.807, 2.05) is 0 Å². The second kappa shape index (κ2) is 8.82. The number of urea groups is 1. The van der Waals surface area contributed by atoms with E-state index in [1.165, 1.54) is 26.4 Å². The van der Waals surface area contributed by atoms with Gasteiger partial charge >= 0.3 is 12.1 Å². The van der Waals surface area contributed by atoms with Gasteiger partial charge in [0.25, 0.3) is 0 Å². The van der Waals surface area contributed by atoms with Crippen LogP contribution in [0, 0.1) is 0 Å². The Morgan fingerprint density at radius 1 is 1.09 bits per heavy atom. The van der Waals surface area contributed by atoms with Gasteiger partial charge in [0.15, 0.2) is 0 Å². The van der Waals surface area contributed by atoms with E-state index in [1.54, 1.807) is 4.90 Å². The molecule has 0 atom stereocenters. The molecule has 0 radical (unpaired) electrons. The summed E-state index contributed by atoms with van der Waals surface area (Å²) in [5.74, 6) is 0. The quantitative estimate of drug-likeness (QED) is 0.812. The van der Waals surface area contributed by atoms with Crippen LogP contribution < -0.4 is 10.6 Å². The monoisotopic (exact) mass is 312 g/mol. The molecule has 0 aromatic carbocycles. The number of hydrogen-bond acceptors (Lipinski definition) is 4. The van der Waals surface area contributed by atoms with E-state index in [-0.39, 0.29) is 18.2 Å². The van der Waals surface area contributed by atoms with Crippen molar-refractivity contribution >= 4 is 12.1 Å². The fraction of sp³-hybridized carbons (Fsp3) is 0.867. The molecule has 126 valence electrons. The first-order valence-corrected chi connectivity index (χ1v) is 8.28. The van der Waals surface area contributed by atoms with Crippen LogP contribution >= 0.6 is 0 Å². The van der Waals surface area contributed by atoms with Gasteiger partial charge in [0, 0.05) is 32.2 Å². The summed E-state index contributed by atoms with van der Waals surface area (Å²) in [4.78, 5) is 27.3. The van der Waals surface area contributed by atoms with Crippen LogP contribution in [0.3, 0.4) is 0 Å². The van der Waals surface area contributed by atoms with Gasteiger partial charge in [-0.2, -0.15) is 0 Å². The molecule has 7 heteroatoms. The van der Waals surface area contributed by atoms with Crippen LogP contribution in [0.15, 0.2) is 0 Å². The first-order valence-electron chi connectivity index (χ1n) is 8.28. The summed E-state index contributed by atoms with van der Waals surface area (Å²) in [6.07, 6.45) is 5.12. The van der Waals surface area contributed by atoms with Crippen molar-refractivity contribution in [2.45, 2.75) is 38.1 Å². The van der Waals surface area contributed by atoms with Gasteiger partial charge in [0.1, 0.15) is 0 Å². The fourth-order valence-corrected chi connectivity index (χ4v) is 3.08. The van der Waals surface area contributed by atoms with Crippen molar-refractivity contribution in [1.29, 1.82) is 0 Å². The third-order valence-corrected chi connectivity index (χ3v) is 4.43. The lowest BCUT2D eigenvalue weighted by Gasteiger charge is -2.31. The first kappa shape index (κ1) is 16.9. The van der Waals surface area contributed by atoms with Crippen molar-refractivity contribution in [3.8, 4) is 0 Å². The van der Waals surface area contributed by atoms with Crippen molar-refractivity contribution in [1.82, 2.24) is 20.4 Å². The van der Waals surface area contributed by atoms with Crippen molar-refractivity contribution in [2.24, 2.45) is 0 Å². The number of nitrogens with zero attached hydrogens (tertiary/aromatic N) is 2. The number of hydrogen-bond donors (Lipinski definition) is 2.